The molecule has 0 aliphatic heterocycles. The van der Waals surface area contributed by atoms with Crippen LogP contribution in [0.25, 0.3) is 0 Å². The van der Waals surface area contributed by atoms with Gasteiger partial charge in [0.05, 0.1) is 0 Å². The third-order valence-corrected chi connectivity index (χ3v) is 1.11. The number of thioether (sulfide) groups is 1. The van der Waals surface area contributed by atoms with E-state index in [0.717, 1.165) is 5.75 Å². The molecule has 0 fully saturated rings. The van der Waals surface area contributed by atoms with Crippen LogP contribution in [0.5, 0.6) is 0 Å². The molecule has 30 valence electrons. The van der Waals surface area contributed by atoms with Gasteiger partial charge in [0.25, 0.3) is 0 Å². The zero-order valence-electron chi connectivity index (χ0n) is 3.10. The summed E-state index contributed by atoms with van der Waals surface area (Å²) in [6, 6.07) is 0. The van der Waals surface area contributed by atoms with Gasteiger partial charge in [0.1, 0.15) is 0 Å². The predicted octanol–water partition coefficient (Wildman–Crippen LogP) is 1.70. The normalized spacial score (nSPS) is 7.40. The van der Waals surface area contributed by atoms with Gasteiger partial charge in [-0.25, -0.2) is 0 Å². The maximum atomic E-state index is 4.49. The second-order valence-corrected chi connectivity index (χ2v) is 2.23. The van der Waals surface area contributed by atoms with Crippen molar-refractivity contribution in [2.45, 2.75) is 6.92 Å². The second kappa shape index (κ2) is 4.44. The molecule has 0 aromatic carbocycles. The van der Waals surface area contributed by atoms with Crippen molar-refractivity contribution in [1.82, 2.24) is 0 Å². The molecule has 0 saturated carbocycles. The summed E-state index contributed by atoms with van der Waals surface area (Å²) in [6.07, 6.45) is 0. The zero-order chi connectivity index (χ0) is 4.12. The Bertz CT molecular complexity index is 26.1. The maximum absolute atomic E-state index is 4.49. The minimum atomic E-state index is 1.10. The minimum Gasteiger partial charge on any atom is -0.123 e. The van der Waals surface area contributed by atoms with Gasteiger partial charge in [0.2, 0.25) is 0 Å². The van der Waals surface area contributed by atoms with E-state index in [1.54, 1.807) is 16.5 Å². The van der Waals surface area contributed by atoms with Crippen LogP contribution in [-0.4, -0.2) is 10.5 Å². The van der Waals surface area contributed by atoms with Gasteiger partial charge in [-0.3, -0.25) is 0 Å². The van der Waals surface area contributed by atoms with Crippen molar-refractivity contribution < 1.29 is 0 Å². The molecular formula is C3H6S2. The highest BCUT2D eigenvalue weighted by Crippen LogP contribution is 1.88. The highest BCUT2D eigenvalue weighted by Gasteiger charge is 1.62. The van der Waals surface area contributed by atoms with E-state index in [4.69, 9.17) is 0 Å². The fourth-order valence-corrected chi connectivity index (χ4v) is 0.612. The van der Waals surface area contributed by atoms with E-state index in [0.29, 0.717) is 0 Å². The van der Waals surface area contributed by atoms with Gasteiger partial charge in [-0.2, -0.15) is 0 Å². The molecule has 0 aromatic heterocycles. The molecule has 0 aromatic rings. The van der Waals surface area contributed by atoms with E-state index in [9.17, 15) is 0 Å². The molecule has 0 heterocycles. The molecule has 0 atom stereocenters. The third-order valence-electron chi connectivity index (χ3n) is 0.235. The van der Waals surface area contributed by atoms with Crippen molar-refractivity contribution >= 4 is 28.7 Å². The zero-order valence-corrected chi connectivity index (χ0v) is 4.73. The molecule has 0 unspecified atom stereocenters. The molecule has 2 heteroatoms. The second-order valence-electron chi connectivity index (χ2n) is 0.552. The summed E-state index contributed by atoms with van der Waals surface area (Å²) in [7, 11) is 0. The first-order chi connectivity index (χ1) is 2.41. The van der Waals surface area contributed by atoms with Crippen LogP contribution >= 0.6 is 24.0 Å². The Morgan fingerprint density at radius 3 is 2.60 bits per heavy atom. The third kappa shape index (κ3) is 4.44. The van der Waals surface area contributed by atoms with Gasteiger partial charge < -0.3 is 0 Å². The van der Waals surface area contributed by atoms with Crippen LogP contribution in [0.1, 0.15) is 6.92 Å². The largest absolute Gasteiger partial charge is 0.123 e. The Kier molecular flexibility index (Phi) is 4.83. The van der Waals surface area contributed by atoms with E-state index in [-0.39, 0.29) is 0 Å². The molecule has 0 bridgehead atoms. The van der Waals surface area contributed by atoms with E-state index < -0.39 is 0 Å². The predicted molar refractivity (Wildman–Crippen MR) is 31.8 cm³/mol. The van der Waals surface area contributed by atoms with Crippen molar-refractivity contribution in [2.24, 2.45) is 0 Å². The minimum absolute atomic E-state index is 1.10. The summed E-state index contributed by atoms with van der Waals surface area (Å²) in [6.45, 7) is 2.08. The highest BCUT2D eigenvalue weighted by atomic mass is 32.2. The first-order valence-corrected chi connectivity index (χ1v) is 2.99. The van der Waals surface area contributed by atoms with Crippen LogP contribution < -0.4 is 0 Å². The molecule has 0 rings (SSSR count). The lowest BCUT2D eigenvalue weighted by molar-refractivity contribution is 1.54. The van der Waals surface area contributed by atoms with Gasteiger partial charge in [0, 0.05) is 4.70 Å². The lowest BCUT2D eigenvalue weighted by atomic mass is 11.0. The summed E-state index contributed by atoms with van der Waals surface area (Å²) in [4.78, 5) is 0. The first-order valence-electron chi connectivity index (χ1n) is 1.47. The topological polar surface area (TPSA) is 0 Å². The van der Waals surface area contributed by atoms with Crippen molar-refractivity contribution in [3.63, 3.8) is 0 Å². The van der Waals surface area contributed by atoms with Crippen LogP contribution in [0.4, 0.5) is 0 Å². The van der Waals surface area contributed by atoms with Gasteiger partial charge in [-0.05, 0) is 5.75 Å². The Morgan fingerprint density at radius 2 is 2.60 bits per heavy atom. The van der Waals surface area contributed by atoms with Gasteiger partial charge in [-0.1, -0.05) is 19.1 Å². The van der Waals surface area contributed by atoms with Crippen LogP contribution in [0, 0.1) is 0 Å². The SMILES string of the molecule is CCSC=S. The fourth-order valence-electron chi connectivity index (χ4n) is 0.0680. The van der Waals surface area contributed by atoms with E-state index >= 15 is 0 Å². The van der Waals surface area contributed by atoms with Crippen molar-refractivity contribution in [3.8, 4) is 0 Å². The molecule has 0 aliphatic carbocycles. The summed E-state index contributed by atoms with van der Waals surface area (Å²) in [5.41, 5.74) is 0. The number of hydrogen-bond acceptors (Lipinski definition) is 2. The number of thiocarbonyl (C=S) groups is 1. The summed E-state index contributed by atoms with van der Waals surface area (Å²) >= 11 is 6.14. The quantitative estimate of drug-likeness (QED) is 0.491. The Hall–Kier alpha value is 0.440. The highest BCUT2D eigenvalue weighted by molar-refractivity contribution is 8.20. The molecule has 0 saturated heterocycles. The van der Waals surface area contributed by atoms with Gasteiger partial charge in [-0.15, -0.1) is 11.8 Å². The average Bonchev–Trinajstić information content (AvgIpc) is 1.41. The Morgan fingerprint density at radius 1 is 2.00 bits per heavy atom. The van der Waals surface area contributed by atoms with Crippen LogP contribution in [-0.2, 0) is 0 Å². The van der Waals surface area contributed by atoms with Crippen molar-refractivity contribution in [1.29, 1.82) is 0 Å². The summed E-state index contributed by atoms with van der Waals surface area (Å²) in [5, 5.41) is 0. The molecule has 0 N–H and O–H groups in total. The standard InChI is InChI=1S/C3H6S2/c1-2-5-3-4/h3H,2H2,1H3. The number of rotatable bonds is 2. The van der Waals surface area contributed by atoms with Gasteiger partial charge in [0.15, 0.2) is 0 Å². The molecule has 0 radical (unpaired) electrons. The van der Waals surface area contributed by atoms with E-state index in [2.05, 4.69) is 19.1 Å². The number of hydrogen-bond donors (Lipinski definition) is 0. The smallest absolute Gasteiger partial charge is 0.0341 e. The Balaban J connectivity index is 2.40. The van der Waals surface area contributed by atoms with Gasteiger partial charge >= 0.3 is 0 Å². The molecule has 0 spiro atoms. The van der Waals surface area contributed by atoms with E-state index in [1.807, 2.05) is 0 Å². The molecule has 0 nitrogen and oxygen atoms in total. The molecular weight excluding hydrogens is 100 g/mol. The monoisotopic (exact) mass is 106 g/mol. The molecule has 0 amide bonds. The maximum Gasteiger partial charge on any atom is 0.0341 e. The summed E-state index contributed by atoms with van der Waals surface area (Å²) < 4.78 is 1.68. The van der Waals surface area contributed by atoms with Crippen LogP contribution in [0.15, 0.2) is 0 Å². The van der Waals surface area contributed by atoms with Crippen LogP contribution in [0.2, 0.25) is 0 Å². The van der Waals surface area contributed by atoms with Crippen LogP contribution in [0.3, 0.4) is 0 Å². The lowest BCUT2D eigenvalue weighted by Crippen LogP contribution is -1.57. The van der Waals surface area contributed by atoms with Crippen molar-refractivity contribution in [3.05, 3.63) is 0 Å². The average molecular weight is 106 g/mol. The first kappa shape index (κ1) is 5.44. The van der Waals surface area contributed by atoms with E-state index in [1.165, 1.54) is 0 Å². The fraction of sp³-hybridized carbons (Fsp3) is 0.667. The van der Waals surface area contributed by atoms with Crippen molar-refractivity contribution in [2.75, 3.05) is 5.75 Å². The summed E-state index contributed by atoms with van der Waals surface area (Å²) in [5.74, 6) is 1.10. The molecule has 0 aliphatic rings. The molecule has 5 heavy (non-hydrogen) atoms. The lowest BCUT2D eigenvalue weighted by Gasteiger charge is -1.72. The Labute approximate surface area is 42.0 Å².